The lowest BCUT2D eigenvalue weighted by atomic mass is 10.1. The zero-order valence-corrected chi connectivity index (χ0v) is 14.4. The summed E-state index contributed by atoms with van der Waals surface area (Å²) in [5.41, 5.74) is 1.97. The van der Waals surface area contributed by atoms with Gasteiger partial charge in [-0.15, -0.1) is 11.3 Å². The highest BCUT2D eigenvalue weighted by atomic mass is 32.1. The molecular weight excluding hydrogens is 332 g/mol. The Bertz CT molecular complexity index is 973. The van der Waals surface area contributed by atoms with Crippen molar-refractivity contribution >= 4 is 27.3 Å². The number of rotatable bonds is 4. The zero-order chi connectivity index (χ0) is 17.2. The number of thiophene rings is 1. The van der Waals surface area contributed by atoms with Crippen LogP contribution in [0, 0.1) is 0 Å². The third-order valence-corrected chi connectivity index (χ3v) is 5.19. The average Bonchev–Trinajstić information content (AvgIpc) is 3.31. The van der Waals surface area contributed by atoms with E-state index >= 15 is 0 Å². The summed E-state index contributed by atoms with van der Waals surface area (Å²) in [6.07, 6.45) is 3.16. The highest BCUT2D eigenvalue weighted by Crippen LogP contribution is 2.26. The maximum Gasteiger partial charge on any atom is 0.261 e. The summed E-state index contributed by atoms with van der Waals surface area (Å²) in [7, 11) is 0. The standard InChI is InChI=1S/C19H16N4OS/c1-13(14-6-8-16(9-7-14)23-12-20-11-21-23)22-19(24)18-10-15-4-2-3-5-17(15)25-18/h2-13H,1H3,(H,22,24). The van der Waals surface area contributed by atoms with Crippen LogP contribution in [0.15, 0.2) is 67.3 Å². The quantitative estimate of drug-likeness (QED) is 0.607. The van der Waals surface area contributed by atoms with Gasteiger partial charge in [0.25, 0.3) is 5.91 Å². The Kier molecular flexibility index (Phi) is 4.03. The molecule has 2 heterocycles. The van der Waals surface area contributed by atoms with Gasteiger partial charge in [-0.1, -0.05) is 30.3 Å². The maximum absolute atomic E-state index is 12.5. The van der Waals surface area contributed by atoms with Gasteiger partial charge in [-0.2, -0.15) is 5.10 Å². The molecule has 1 unspecified atom stereocenters. The number of hydrogen-bond donors (Lipinski definition) is 1. The van der Waals surface area contributed by atoms with Crippen LogP contribution in [0.2, 0.25) is 0 Å². The van der Waals surface area contributed by atoms with Crippen LogP contribution in [0.1, 0.15) is 28.2 Å². The molecule has 4 rings (SSSR count). The van der Waals surface area contributed by atoms with Crippen LogP contribution in [-0.2, 0) is 0 Å². The number of carbonyl (C=O) groups is 1. The van der Waals surface area contributed by atoms with Crippen molar-refractivity contribution in [3.8, 4) is 5.69 Å². The van der Waals surface area contributed by atoms with Gasteiger partial charge in [0.15, 0.2) is 0 Å². The second-order valence-corrected chi connectivity index (χ2v) is 6.86. The summed E-state index contributed by atoms with van der Waals surface area (Å²) in [6, 6.07) is 17.8. The molecule has 1 N–H and O–H groups in total. The first-order chi connectivity index (χ1) is 12.2. The van der Waals surface area contributed by atoms with Crippen LogP contribution >= 0.6 is 11.3 Å². The van der Waals surface area contributed by atoms with E-state index in [0.29, 0.717) is 0 Å². The van der Waals surface area contributed by atoms with E-state index in [1.807, 2.05) is 61.5 Å². The molecule has 4 aromatic rings. The van der Waals surface area contributed by atoms with Gasteiger partial charge in [0.05, 0.1) is 16.6 Å². The minimum absolute atomic E-state index is 0.0472. The molecule has 25 heavy (non-hydrogen) atoms. The molecule has 2 aromatic carbocycles. The van der Waals surface area contributed by atoms with Crippen molar-refractivity contribution < 1.29 is 4.79 Å². The highest BCUT2D eigenvalue weighted by molar-refractivity contribution is 7.20. The SMILES string of the molecule is CC(NC(=O)c1cc2ccccc2s1)c1ccc(-n2cncn2)cc1. The molecule has 1 amide bonds. The summed E-state index contributed by atoms with van der Waals surface area (Å²) in [5, 5.41) is 8.27. The van der Waals surface area contributed by atoms with Crippen molar-refractivity contribution in [2.75, 3.05) is 0 Å². The van der Waals surface area contributed by atoms with E-state index in [-0.39, 0.29) is 11.9 Å². The Labute approximate surface area is 149 Å². The average molecular weight is 348 g/mol. The lowest BCUT2D eigenvalue weighted by molar-refractivity contribution is 0.0944. The third-order valence-electron chi connectivity index (χ3n) is 4.07. The molecule has 6 heteroatoms. The normalized spacial score (nSPS) is 12.2. The number of nitrogens with zero attached hydrogens (tertiary/aromatic N) is 3. The second kappa shape index (κ2) is 6.49. The number of aromatic nitrogens is 3. The molecule has 0 saturated carbocycles. The molecule has 0 saturated heterocycles. The molecule has 0 bridgehead atoms. The van der Waals surface area contributed by atoms with Crippen molar-refractivity contribution in [3.05, 3.63) is 77.7 Å². The van der Waals surface area contributed by atoms with E-state index in [1.165, 1.54) is 17.7 Å². The highest BCUT2D eigenvalue weighted by Gasteiger charge is 2.14. The fourth-order valence-electron chi connectivity index (χ4n) is 2.70. The lowest BCUT2D eigenvalue weighted by Crippen LogP contribution is -2.25. The van der Waals surface area contributed by atoms with Gasteiger partial charge in [-0.05, 0) is 42.1 Å². The lowest BCUT2D eigenvalue weighted by Gasteiger charge is -2.14. The van der Waals surface area contributed by atoms with E-state index in [2.05, 4.69) is 15.4 Å². The molecular formula is C19H16N4OS. The Morgan fingerprint density at radius 2 is 1.96 bits per heavy atom. The van der Waals surface area contributed by atoms with Gasteiger partial charge >= 0.3 is 0 Å². The Balaban J connectivity index is 1.49. The van der Waals surface area contributed by atoms with Gasteiger partial charge in [-0.3, -0.25) is 4.79 Å². The van der Waals surface area contributed by atoms with Crippen molar-refractivity contribution in [2.24, 2.45) is 0 Å². The van der Waals surface area contributed by atoms with Crippen LogP contribution in [-0.4, -0.2) is 20.7 Å². The minimum Gasteiger partial charge on any atom is -0.345 e. The monoisotopic (exact) mass is 348 g/mol. The van der Waals surface area contributed by atoms with Crippen LogP contribution in [0.4, 0.5) is 0 Å². The minimum atomic E-state index is -0.0810. The predicted molar refractivity (Wildman–Crippen MR) is 99.1 cm³/mol. The number of nitrogens with one attached hydrogen (secondary N) is 1. The van der Waals surface area contributed by atoms with Crippen LogP contribution in [0.25, 0.3) is 15.8 Å². The van der Waals surface area contributed by atoms with E-state index in [0.717, 1.165) is 26.2 Å². The van der Waals surface area contributed by atoms with Crippen molar-refractivity contribution in [3.63, 3.8) is 0 Å². The van der Waals surface area contributed by atoms with Gasteiger partial charge in [-0.25, -0.2) is 9.67 Å². The van der Waals surface area contributed by atoms with Crippen LogP contribution < -0.4 is 5.32 Å². The van der Waals surface area contributed by atoms with Gasteiger partial charge in [0.1, 0.15) is 12.7 Å². The first kappa shape index (κ1) is 15.5. The Hall–Kier alpha value is -2.99. The summed E-state index contributed by atoms with van der Waals surface area (Å²) >= 11 is 1.51. The summed E-state index contributed by atoms with van der Waals surface area (Å²) < 4.78 is 2.82. The van der Waals surface area contributed by atoms with E-state index in [4.69, 9.17) is 0 Å². The van der Waals surface area contributed by atoms with Crippen molar-refractivity contribution in [2.45, 2.75) is 13.0 Å². The molecule has 5 nitrogen and oxygen atoms in total. The number of benzene rings is 2. The van der Waals surface area contributed by atoms with E-state index in [9.17, 15) is 4.79 Å². The summed E-state index contributed by atoms with van der Waals surface area (Å²) in [6.45, 7) is 1.98. The molecule has 2 aromatic heterocycles. The Morgan fingerprint density at radius 1 is 1.16 bits per heavy atom. The number of carbonyl (C=O) groups excluding carboxylic acids is 1. The van der Waals surface area contributed by atoms with E-state index < -0.39 is 0 Å². The van der Waals surface area contributed by atoms with Crippen molar-refractivity contribution in [1.29, 1.82) is 0 Å². The largest absolute Gasteiger partial charge is 0.345 e. The fourth-order valence-corrected chi connectivity index (χ4v) is 3.67. The van der Waals surface area contributed by atoms with Gasteiger partial charge in [0.2, 0.25) is 0 Å². The Morgan fingerprint density at radius 3 is 2.68 bits per heavy atom. The van der Waals surface area contributed by atoms with Crippen LogP contribution in [0.3, 0.4) is 0 Å². The molecule has 0 spiro atoms. The van der Waals surface area contributed by atoms with Gasteiger partial charge in [0, 0.05) is 4.70 Å². The first-order valence-corrected chi connectivity index (χ1v) is 8.77. The maximum atomic E-state index is 12.5. The number of hydrogen-bond acceptors (Lipinski definition) is 4. The van der Waals surface area contributed by atoms with Crippen molar-refractivity contribution in [1.82, 2.24) is 20.1 Å². The number of fused-ring (bicyclic) bond motifs is 1. The predicted octanol–water partition coefficient (Wildman–Crippen LogP) is 3.97. The molecule has 0 aliphatic carbocycles. The zero-order valence-electron chi connectivity index (χ0n) is 13.6. The molecule has 0 fully saturated rings. The first-order valence-electron chi connectivity index (χ1n) is 7.95. The summed E-state index contributed by atoms with van der Waals surface area (Å²) in [4.78, 5) is 17.2. The molecule has 0 aliphatic rings. The van der Waals surface area contributed by atoms with Crippen LogP contribution in [0.5, 0.6) is 0 Å². The molecule has 1 atom stereocenters. The topological polar surface area (TPSA) is 59.8 Å². The third kappa shape index (κ3) is 3.16. The second-order valence-electron chi connectivity index (χ2n) is 5.78. The fraction of sp³-hybridized carbons (Fsp3) is 0.105. The molecule has 124 valence electrons. The smallest absolute Gasteiger partial charge is 0.261 e. The molecule has 0 radical (unpaired) electrons. The van der Waals surface area contributed by atoms with E-state index in [1.54, 1.807) is 11.0 Å². The van der Waals surface area contributed by atoms with Gasteiger partial charge < -0.3 is 5.32 Å². The molecule has 0 aliphatic heterocycles. The summed E-state index contributed by atoms with van der Waals surface area (Å²) in [5.74, 6) is -0.0472. The number of amides is 1.